The average molecular weight is 427 g/mol. The van der Waals surface area contributed by atoms with Crippen molar-refractivity contribution in [3.8, 4) is 24.0 Å². The maximum absolute atomic E-state index is 12.6. The highest BCUT2D eigenvalue weighted by atomic mass is 16.5. The lowest BCUT2D eigenvalue weighted by Crippen LogP contribution is -2.17. The van der Waals surface area contributed by atoms with Crippen molar-refractivity contribution in [3.05, 3.63) is 81.9 Å². The summed E-state index contributed by atoms with van der Waals surface area (Å²) in [5.74, 6) is 0.895. The Bertz CT molecular complexity index is 1240. The average Bonchev–Trinajstić information content (AvgIpc) is 2.79. The lowest BCUT2D eigenvalue weighted by atomic mass is 9.79. The molecule has 3 aromatic rings. The molecule has 0 radical (unpaired) electrons. The molecule has 0 aromatic heterocycles. The summed E-state index contributed by atoms with van der Waals surface area (Å²) in [6.07, 6.45) is 5.48. The van der Waals surface area contributed by atoms with Crippen LogP contribution in [0, 0.1) is 26.3 Å². The lowest BCUT2D eigenvalue weighted by Gasteiger charge is -2.31. The zero-order chi connectivity index (χ0) is 22.8. The third-order valence-corrected chi connectivity index (χ3v) is 5.81. The van der Waals surface area contributed by atoms with Crippen LogP contribution in [0.3, 0.4) is 0 Å². The zero-order valence-corrected chi connectivity index (χ0v) is 18.7. The van der Waals surface area contributed by atoms with Crippen LogP contribution in [0.4, 0.5) is 11.4 Å². The van der Waals surface area contributed by atoms with Crippen molar-refractivity contribution in [2.45, 2.75) is 26.7 Å². The molecular formula is C27H26N2O3. The summed E-state index contributed by atoms with van der Waals surface area (Å²) < 4.78 is 11.5. The third-order valence-electron chi connectivity index (χ3n) is 5.81. The van der Waals surface area contributed by atoms with E-state index in [1.807, 2.05) is 37.3 Å². The number of rotatable bonds is 5. The number of nitrogens with one attached hydrogen (secondary N) is 2. The van der Waals surface area contributed by atoms with Crippen LogP contribution in [-0.2, 0) is 4.74 Å². The van der Waals surface area contributed by atoms with Gasteiger partial charge in [0.2, 0.25) is 0 Å². The number of ether oxygens (including phenoxy) is 2. The van der Waals surface area contributed by atoms with Gasteiger partial charge in [0.25, 0.3) is 0 Å². The van der Waals surface area contributed by atoms with Gasteiger partial charge in [0.05, 0.1) is 18.4 Å². The topological polar surface area (TPSA) is 59.6 Å². The molecular weight excluding hydrogens is 400 g/mol. The summed E-state index contributed by atoms with van der Waals surface area (Å²) in [6.45, 7) is 6.94. The minimum absolute atomic E-state index is 0.197. The molecule has 0 spiro atoms. The number of carbonyl (C=O) groups is 1. The van der Waals surface area contributed by atoms with E-state index in [9.17, 15) is 4.79 Å². The van der Waals surface area contributed by atoms with Gasteiger partial charge in [0.15, 0.2) is 0 Å². The first kappa shape index (κ1) is 21.3. The van der Waals surface area contributed by atoms with E-state index < -0.39 is 0 Å². The van der Waals surface area contributed by atoms with Gasteiger partial charge >= 0.3 is 5.97 Å². The van der Waals surface area contributed by atoms with Gasteiger partial charge in [0, 0.05) is 47.5 Å². The van der Waals surface area contributed by atoms with Gasteiger partial charge in [-0.05, 0) is 55.7 Å². The summed E-state index contributed by atoms with van der Waals surface area (Å²) in [5, 5.41) is 6.34. The smallest absolute Gasteiger partial charge is 0.338 e. The summed E-state index contributed by atoms with van der Waals surface area (Å²) in [6, 6.07) is 18.2. The van der Waals surface area contributed by atoms with E-state index >= 15 is 0 Å². The molecule has 0 saturated heterocycles. The SMILES string of the molecule is C#CNc1cc2c(cc1C)C(c1ccccc1C(=O)OC)c1cc(C)c(NCC)cc1O2. The fourth-order valence-corrected chi connectivity index (χ4v) is 4.31. The highest BCUT2D eigenvalue weighted by Gasteiger charge is 2.33. The molecule has 2 N–H and O–H groups in total. The van der Waals surface area contributed by atoms with Crippen LogP contribution >= 0.6 is 0 Å². The summed E-state index contributed by atoms with van der Waals surface area (Å²) in [4.78, 5) is 12.6. The van der Waals surface area contributed by atoms with E-state index in [0.717, 1.165) is 51.5 Å². The second-order valence-corrected chi connectivity index (χ2v) is 7.82. The summed E-state index contributed by atoms with van der Waals surface area (Å²) >= 11 is 0. The van der Waals surface area contributed by atoms with Crippen LogP contribution in [0.2, 0.25) is 0 Å². The molecule has 0 bridgehead atoms. The number of esters is 1. The van der Waals surface area contributed by atoms with E-state index in [-0.39, 0.29) is 11.9 Å². The van der Waals surface area contributed by atoms with E-state index in [0.29, 0.717) is 11.3 Å². The van der Waals surface area contributed by atoms with E-state index in [2.05, 4.69) is 42.7 Å². The Labute approximate surface area is 188 Å². The summed E-state index contributed by atoms with van der Waals surface area (Å²) in [7, 11) is 1.40. The van der Waals surface area contributed by atoms with Crippen molar-refractivity contribution in [1.29, 1.82) is 0 Å². The van der Waals surface area contributed by atoms with E-state index in [4.69, 9.17) is 15.9 Å². The standard InChI is InChI=1S/C27H26N2O3/c1-6-28-22-14-24-20(12-16(22)3)26(18-10-8-9-11-19(18)27(30)31-5)21-13-17(4)23(29-7-2)15-25(21)32-24/h1,8-15,26,28-29H,7H2,2-5H3. The molecule has 0 saturated carbocycles. The van der Waals surface area contributed by atoms with Crippen LogP contribution in [0.25, 0.3) is 0 Å². The van der Waals surface area contributed by atoms with E-state index in [1.165, 1.54) is 7.11 Å². The first-order chi connectivity index (χ1) is 15.5. The van der Waals surface area contributed by atoms with Crippen LogP contribution in [-0.4, -0.2) is 19.6 Å². The molecule has 5 nitrogen and oxygen atoms in total. The Balaban J connectivity index is 2.00. The minimum atomic E-state index is -0.362. The number of anilines is 2. The Morgan fingerprint density at radius 3 is 2.28 bits per heavy atom. The summed E-state index contributed by atoms with van der Waals surface area (Å²) in [5.41, 5.74) is 7.33. The van der Waals surface area contributed by atoms with Crippen LogP contribution in [0.15, 0.2) is 48.5 Å². The van der Waals surface area contributed by atoms with Crippen molar-refractivity contribution in [2.75, 3.05) is 24.3 Å². The fourth-order valence-electron chi connectivity index (χ4n) is 4.31. The molecule has 3 aromatic carbocycles. The predicted molar refractivity (Wildman–Crippen MR) is 128 cm³/mol. The van der Waals surface area contributed by atoms with E-state index in [1.54, 1.807) is 6.07 Å². The molecule has 1 unspecified atom stereocenters. The Morgan fingerprint density at radius 2 is 1.66 bits per heavy atom. The highest BCUT2D eigenvalue weighted by molar-refractivity contribution is 5.92. The number of fused-ring (bicyclic) bond motifs is 2. The zero-order valence-electron chi connectivity index (χ0n) is 18.7. The van der Waals surface area contributed by atoms with Gasteiger partial charge in [-0.25, -0.2) is 4.79 Å². The second kappa shape index (κ2) is 8.68. The third kappa shape index (κ3) is 3.65. The van der Waals surface area contributed by atoms with Crippen molar-refractivity contribution < 1.29 is 14.3 Å². The fraction of sp³-hybridized carbons (Fsp3) is 0.222. The quantitative estimate of drug-likeness (QED) is 0.240. The number of aryl methyl sites for hydroxylation is 2. The highest BCUT2D eigenvalue weighted by Crippen LogP contribution is 2.50. The second-order valence-electron chi connectivity index (χ2n) is 7.82. The van der Waals surface area contributed by atoms with Gasteiger partial charge in [-0.3, -0.25) is 0 Å². The minimum Gasteiger partial charge on any atom is -0.465 e. The van der Waals surface area contributed by atoms with Gasteiger partial charge < -0.3 is 20.1 Å². The van der Waals surface area contributed by atoms with Crippen molar-refractivity contribution in [2.24, 2.45) is 0 Å². The number of methoxy groups -OCH3 is 1. The molecule has 0 amide bonds. The number of carbonyl (C=O) groups excluding carboxylic acids is 1. The lowest BCUT2D eigenvalue weighted by molar-refractivity contribution is 0.0599. The Kier molecular flexibility index (Phi) is 5.79. The van der Waals surface area contributed by atoms with Crippen LogP contribution in [0.5, 0.6) is 11.5 Å². The molecule has 32 heavy (non-hydrogen) atoms. The molecule has 1 aliphatic heterocycles. The number of benzene rings is 3. The number of hydrogen-bond acceptors (Lipinski definition) is 5. The maximum atomic E-state index is 12.6. The van der Waals surface area contributed by atoms with Crippen molar-refractivity contribution >= 4 is 17.3 Å². The van der Waals surface area contributed by atoms with Gasteiger partial charge in [0.1, 0.15) is 11.5 Å². The molecule has 0 aliphatic carbocycles. The largest absolute Gasteiger partial charge is 0.465 e. The van der Waals surface area contributed by atoms with Crippen LogP contribution < -0.4 is 15.4 Å². The monoisotopic (exact) mass is 426 g/mol. The first-order valence-corrected chi connectivity index (χ1v) is 10.6. The van der Waals surface area contributed by atoms with Gasteiger partial charge in [-0.1, -0.05) is 24.6 Å². The maximum Gasteiger partial charge on any atom is 0.338 e. The molecule has 1 atom stereocenters. The molecule has 0 fully saturated rings. The van der Waals surface area contributed by atoms with Crippen LogP contribution in [0.1, 0.15) is 51.0 Å². The van der Waals surface area contributed by atoms with Crippen molar-refractivity contribution in [1.82, 2.24) is 0 Å². The molecule has 5 heteroatoms. The molecule has 1 aliphatic rings. The normalized spacial score (nSPS) is 13.8. The predicted octanol–water partition coefficient (Wildman–Crippen LogP) is 5.81. The molecule has 1 heterocycles. The Hall–Kier alpha value is -3.91. The van der Waals surface area contributed by atoms with Gasteiger partial charge in [-0.15, -0.1) is 0 Å². The number of terminal acetylenes is 1. The molecule has 4 rings (SSSR count). The first-order valence-electron chi connectivity index (χ1n) is 10.6. The van der Waals surface area contributed by atoms with Crippen molar-refractivity contribution in [3.63, 3.8) is 0 Å². The number of hydrogen-bond donors (Lipinski definition) is 2. The Morgan fingerprint density at radius 1 is 1.03 bits per heavy atom. The van der Waals surface area contributed by atoms with Gasteiger partial charge in [-0.2, -0.15) is 0 Å². The molecule has 162 valence electrons.